The molecule has 2 N–H and O–H groups in total. The highest BCUT2D eigenvalue weighted by Gasteiger charge is 2.18. The number of nitrogens with two attached hydrogens (primary N) is 1. The van der Waals surface area contributed by atoms with Crippen LogP contribution in [0, 0.1) is 0 Å². The van der Waals surface area contributed by atoms with Gasteiger partial charge in [-0.1, -0.05) is 0 Å². The van der Waals surface area contributed by atoms with Gasteiger partial charge in [-0.05, 0) is 35.2 Å². The van der Waals surface area contributed by atoms with Crippen LogP contribution in [0.3, 0.4) is 0 Å². The molecule has 15 heavy (non-hydrogen) atoms. The fraction of sp³-hybridized carbons (Fsp3) is 0.636. The Labute approximate surface area is 99.2 Å². The molecule has 1 saturated heterocycles. The molecule has 2 nitrogen and oxygen atoms in total. The molecular weight excluding hydrogens is 226 g/mol. The van der Waals surface area contributed by atoms with Gasteiger partial charge in [0.15, 0.2) is 0 Å². The Hall–Kier alpha value is -0.0300. The van der Waals surface area contributed by atoms with E-state index >= 15 is 0 Å². The van der Waals surface area contributed by atoms with Crippen molar-refractivity contribution in [1.29, 1.82) is 0 Å². The molecule has 2 atom stereocenters. The third-order valence-corrected chi connectivity index (χ3v) is 4.77. The van der Waals surface area contributed by atoms with E-state index in [-0.39, 0.29) is 0 Å². The molecule has 0 saturated carbocycles. The van der Waals surface area contributed by atoms with Gasteiger partial charge in [-0.3, -0.25) is 0 Å². The van der Waals surface area contributed by atoms with E-state index < -0.39 is 0 Å². The number of ether oxygens (including phenoxy) is 1. The largest absolute Gasteiger partial charge is 0.377 e. The molecule has 1 aromatic rings. The quantitative estimate of drug-likeness (QED) is 0.863. The summed E-state index contributed by atoms with van der Waals surface area (Å²) in [6.07, 6.45) is 2.90. The van der Waals surface area contributed by atoms with Crippen LogP contribution in [0.2, 0.25) is 0 Å². The summed E-state index contributed by atoms with van der Waals surface area (Å²) in [4.78, 5) is 0. The van der Waals surface area contributed by atoms with Crippen LogP contribution >= 0.6 is 23.1 Å². The van der Waals surface area contributed by atoms with Gasteiger partial charge in [-0.15, -0.1) is 11.8 Å². The molecule has 1 aliphatic rings. The standard InChI is InChI=1S/C11H17NOS2/c12-6-11(9-3-5-14-7-9)15-8-10-2-1-4-13-10/h3,5,7,10-11H,1-2,4,6,8,12H2. The first kappa shape index (κ1) is 11.5. The Morgan fingerprint density at radius 3 is 3.20 bits per heavy atom. The average molecular weight is 243 g/mol. The van der Waals surface area contributed by atoms with Gasteiger partial charge >= 0.3 is 0 Å². The SMILES string of the molecule is NCC(SCC1CCCO1)c1ccsc1. The van der Waals surface area contributed by atoms with Gasteiger partial charge in [0.2, 0.25) is 0 Å². The molecule has 0 aliphatic carbocycles. The van der Waals surface area contributed by atoms with Crippen molar-refractivity contribution in [2.24, 2.45) is 5.73 Å². The molecule has 2 rings (SSSR count). The summed E-state index contributed by atoms with van der Waals surface area (Å²) in [5.74, 6) is 1.08. The van der Waals surface area contributed by atoms with Gasteiger partial charge in [-0.2, -0.15) is 11.3 Å². The summed E-state index contributed by atoms with van der Waals surface area (Å²) in [5.41, 5.74) is 7.16. The summed E-state index contributed by atoms with van der Waals surface area (Å²) in [6.45, 7) is 1.66. The first-order chi connectivity index (χ1) is 7.40. The molecule has 1 aliphatic heterocycles. The zero-order valence-corrected chi connectivity index (χ0v) is 10.4. The summed E-state index contributed by atoms with van der Waals surface area (Å²) in [6, 6.07) is 2.17. The summed E-state index contributed by atoms with van der Waals surface area (Å²) in [5, 5.41) is 4.76. The number of rotatable bonds is 5. The Morgan fingerprint density at radius 1 is 1.67 bits per heavy atom. The second kappa shape index (κ2) is 5.89. The van der Waals surface area contributed by atoms with Crippen molar-refractivity contribution >= 4 is 23.1 Å². The zero-order valence-electron chi connectivity index (χ0n) is 8.72. The van der Waals surface area contributed by atoms with Crippen molar-refractivity contribution in [3.05, 3.63) is 22.4 Å². The molecule has 2 unspecified atom stereocenters. The summed E-state index contributed by atoms with van der Waals surface area (Å²) < 4.78 is 5.61. The lowest BCUT2D eigenvalue weighted by molar-refractivity contribution is 0.129. The maximum absolute atomic E-state index is 5.79. The lowest BCUT2D eigenvalue weighted by Gasteiger charge is -2.15. The van der Waals surface area contributed by atoms with Crippen molar-refractivity contribution in [3.63, 3.8) is 0 Å². The van der Waals surface area contributed by atoms with E-state index in [2.05, 4.69) is 16.8 Å². The monoisotopic (exact) mass is 243 g/mol. The lowest BCUT2D eigenvalue weighted by atomic mass is 10.2. The van der Waals surface area contributed by atoms with E-state index in [9.17, 15) is 0 Å². The van der Waals surface area contributed by atoms with Crippen LogP contribution in [0.15, 0.2) is 16.8 Å². The van der Waals surface area contributed by atoms with Gasteiger partial charge < -0.3 is 10.5 Å². The minimum absolute atomic E-state index is 0.445. The van der Waals surface area contributed by atoms with Crippen LogP contribution in [0.25, 0.3) is 0 Å². The first-order valence-corrected chi connectivity index (χ1v) is 7.34. The maximum Gasteiger partial charge on any atom is 0.0666 e. The van der Waals surface area contributed by atoms with E-state index in [0.717, 1.165) is 12.4 Å². The highest BCUT2D eigenvalue weighted by Crippen LogP contribution is 2.31. The Balaban J connectivity index is 1.80. The molecular formula is C11H17NOS2. The summed E-state index contributed by atoms with van der Waals surface area (Å²) >= 11 is 3.67. The second-order valence-corrected chi connectivity index (χ2v) is 5.77. The Morgan fingerprint density at radius 2 is 2.60 bits per heavy atom. The Kier molecular flexibility index (Phi) is 4.50. The molecule has 1 aromatic heterocycles. The van der Waals surface area contributed by atoms with E-state index in [1.165, 1.54) is 18.4 Å². The topological polar surface area (TPSA) is 35.2 Å². The van der Waals surface area contributed by atoms with E-state index in [4.69, 9.17) is 10.5 Å². The van der Waals surface area contributed by atoms with Crippen molar-refractivity contribution in [2.45, 2.75) is 24.2 Å². The highest BCUT2D eigenvalue weighted by molar-refractivity contribution is 7.99. The Bertz CT molecular complexity index is 270. The van der Waals surface area contributed by atoms with Crippen LogP contribution < -0.4 is 5.73 Å². The number of thioether (sulfide) groups is 1. The molecule has 0 spiro atoms. The second-order valence-electron chi connectivity index (χ2n) is 3.75. The molecule has 1 fully saturated rings. The third kappa shape index (κ3) is 3.21. The van der Waals surface area contributed by atoms with Crippen LogP contribution in [-0.4, -0.2) is 25.0 Å². The van der Waals surface area contributed by atoms with Crippen molar-refractivity contribution in [3.8, 4) is 0 Å². The van der Waals surface area contributed by atoms with Gasteiger partial charge in [0.05, 0.1) is 6.10 Å². The molecule has 0 amide bonds. The van der Waals surface area contributed by atoms with E-state index in [1.807, 2.05) is 11.8 Å². The van der Waals surface area contributed by atoms with Crippen molar-refractivity contribution in [2.75, 3.05) is 18.9 Å². The molecule has 0 bridgehead atoms. The highest BCUT2D eigenvalue weighted by atomic mass is 32.2. The molecule has 0 aromatic carbocycles. The predicted molar refractivity (Wildman–Crippen MR) is 67.5 cm³/mol. The summed E-state index contributed by atoms with van der Waals surface area (Å²) in [7, 11) is 0. The van der Waals surface area contributed by atoms with Crippen LogP contribution in [0.4, 0.5) is 0 Å². The van der Waals surface area contributed by atoms with Gasteiger partial charge in [-0.25, -0.2) is 0 Å². The minimum atomic E-state index is 0.445. The molecule has 84 valence electrons. The van der Waals surface area contributed by atoms with Crippen LogP contribution in [-0.2, 0) is 4.74 Å². The third-order valence-electron chi connectivity index (χ3n) is 2.64. The number of thiophene rings is 1. The number of hydrogen-bond donors (Lipinski definition) is 1. The molecule has 4 heteroatoms. The normalized spacial score (nSPS) is 23.1. The van der Waals surface area contributed by atoms with Crippen molar-refractivity contribution in [1.82, 2.24) is 0 Å². The molecule has 2 heterocycles. The lowest BCUT2D eigenvalue weighted by Crippen LogP contribution is -2.14. The molecule has 0 radical (unpaired) electrons. The maximum atomic E-state index is 5.79. The predicted octanol–water partition coefficient (Wildman–Crippen LogP) is 2.66. The smallest absolute Gasteiger partial charge is 0.0666 e. The van der Waals surface area contributed by atoms with Gasteiger partial charge in [0, 0.05) is 24.2 Å². The fourth-order valence-corrected chi connectivity index (χ4v) is 3.74. The van der Waals surface area contributed by atoms with Crippen LogP contribution in [0.5, 0.6) is 0 Å². The average Bonchev–Trinajstić information content (AvgIpc) is 2.90. The zero-order chi connectivity index (χ0) is 10.5. The van der Waals surface area contributed by atoms with Gasteiger partial charge in [0.25, 0.3) is 0 Å². The van der Waals surface area contributed by atoms with Gasteiger partial charge in [0.1, 0.15) is 0 Å². The minimum Gasteiger partial charge on any atom is -0.377 e. The van der Waals surface area contributed by atoms with Crippen molar-refractivity contribution < 1.29 is 4.74 Å². The van der Waals surface area contributed by atoms with E-state index in [0.29, 0.717) is 17.9 Å². The number of hydrogen-bond acceptors (Lipinski definition) is 4. The fourth-order valence-electron chi connectivity index (χ4n) is 1.76. The first-order valence-electron chi connectivity index (χ1n) is 5.35. The van der Waals surface area contributed by atoms with Crippen LogP contribution in [0.1, 0.15) is 23.7 Å². The van der Waals surface area contributed by atoms with E-state index in [1.54, 1.807) is 11.3 Å².